The first-order chi connectivity index (χ1) is 10.2. The second-order valence-electron chi connectivity index (χ2n) is 5.75. The minimum Gasteiger partial charge on any atom is -0.451 e. The van der Waals surface area contributed by atoms with E-state index in [9.17, 15) is 4.79 Å². The first-order valence-corrected chi connectivity index (χ1v) is 7.68. The Balaban J connectivity index is 1.78. The number of benzene rings is 1. The van der Waals surface area contributed by atoms with Gasteiger partial charge in [0.15, 0.2) is 5.76 Å². The molecule has 1 fully saturated rings. The number of para-hydroxylation sites is 1. The number of piperidine rings is 1. The third kappa shape index (κ3) is 2.68. The maximum Gasteiger partial charge on any atom is 0.289 e. The van der Waals surface area contributed by atoms with Gasteiger partial charge in [0.1, 0.15) is 5.58 Å². The lowest BCUT2D eigenvalue weighted by molar-refractivity contribution is 0.0602. The van der Waals surface area contributed by atoms with Crippen molar-refractivity contribution in [3.8, 4) is 0 Å². The van der Waals surface area contributed by atoms with Gasteiger partial charge in [0, 0.05) is 24.5 Å². The van der Waals surface area contributed by atoms with E-state index in [0.717, 1.165) is 36.9 Å². The highest BCUT2D eigenvalue weighted by Crippen LogP contribution is 2.24. The van der Waals surface area contributed by atoms with Crippen LogP contribution in [0.25, 0.3) is 11.0 Å². The first kappa shape index (κ1) is 14.1. The van der Waals surface area contributed by atoms with Crippen LogP contribution in [0.3, 0.4) is 0 Å². The number of hydrogen-bond donors (Lipinski definition) is 1. The van der Waals surface area contributed by atoms with Gasteiger partial charge >= 0.3 is 0 Å². The Morgan fingerprint density at radius 1 is 1.43 bits per heavy atom. The molecule has 4 heteroatoms. The smallest absolute Gasteiger partial charge is 0.289 e. The number of carbonyl (C=O) groups is 1. The van der Waals surface area contributed by atoms with E-state index in [1.807, 2.05) is 42.3 Å². The van der Waals surface area contributed by atoms with E-state index in [0.29, 0.717) is 17.7 Å². The van der Waals surface area contributed by atoms with Crippen LogP contribution in [0.1, 0.15) is 30.3 Å². The van der Waals surface area contributed by atoms with E-state index in [2.05, 4.69) is 12.2 Å². The van der Waals surface area contributed by atoms with Gasteiger partial charge in [-0.2, -0.15) is 0 Å². The molecule has 2 atom stereocenters. The quantitative estimate of drug-likeness (QED) is 0.943. The predicted molar refractivity (Wildman–Crippen MR) is 83.4 cm³/mol. The van der Waals surface area contributed by atoms with E-state index < -0.39 is 0 Å². The van der Waals surface area contributed by atoms with Crippen LogP contribution in [0.2, 0.25) is 0 Å². The fraction of sp³-hybridized carbons (Fsp3) is 0.471. The van der Waals surface area contributed by atoms with Crippen LogP contribution in [0.4, 0.5) is 0 Å². The number of hydrogen-bond acceptors (Lipinski definition) is 3. The summed E-state index contributed by atoms with van der Waals surface area (Å²) in [5.74, 6) is 0.977. The maximum absolute atomic E-state index is 12.6. The Morgan fingerprint density at radius 2 is 2.24 bits per heavy atom. The lowest BCUT2D eigenvalue weighted by Crippen LogP contribution is -2.50. The van der Waals surface area contributed by atoms with Crippen molar-refractivity contribution in [3.63, 3.8) is 0 Å². The summed E-state index contributed by atoms with van der Waals surface area (Å²) in [4.78, 5) is 14.6. The van der Waals surface area contributed by atoms with Crippen molar-refractivity contribution in [2.24, 2.45) is 5.92 Å². The molecule has 0 bridgehead atoms. The number of likely N-dealkylation sites (tertiary alicyclic amines) is 1. The van der Waals surface area contributed by atoms with E-state index in [-0.39, 0.29) is 5.91 Å². The lowest BCUT2D eigenvalue weighted by atomic mass is 9.90. The van der Waals surface area contributed by atoms with Crippen molar-refractivity contribution in [3.05, 3.63) is 36.1 Å². The van der Waals surface area contributed by atoms with Crippen molar-refractivity contribution in [1.29, 1.82) is 0 Å². The number of furan rings is 1. The molecule has 2 heterocycles. The summed E-state index contributed by atoms with van der Waals surface area (Å²) in [5.41, 5.74) is 0.776. The second-order valence-corrected chi connectivity index (χ2v) is 5.75. The largest absolute Gasteiger partial charge is 0.451 e. The van der Waals surface area contributed by atoms with Gasteiger partial charge in [-0.1, -0.05) is 31.5 Å². The van der Waals surface area contributed by atoms with Gasteiger partial charge in [0.25, 0.3) is 5.91 Å². The van der Waals surface area contributed by atoms with Crippen LogP contribution in [0.15, 0.2) is 34.7 Å². The molecular weight excluding hydrogens is 264 g/mol. The van der Waals surface area contributed by atoms with Gasteiger partial charge in [-0.3, -0.25) is 4.79 Å². The standard InChI is InChI=1S/C17H22N2O2/c1-3-12-11-19(9-8-14(12)18-2)17(20)16-10-13-6-4-5-7-15(13)21-16/h4-7,10,12,14,18H,3,8-9,11H2,1-2H3. The van der Waals surface area contributed by atoms with Gasteiger partial charge in [-0.05, 0) is 31.5 Å². The molecule has 21 heavy (non-hydrogen) atoms. The summed E-state index contributed by atoms with van der Waals surface area (Å²) >= 11 is 0. The van der Waals surface area contributed by atoms with Gasteiger partial charge < -0.3 is 14.6 Å². The number of carbonyl (C=O) groups excluding carboxylic acids is 1. The topological polar surface area (TPSA) is 45.5 Å². The number of amides is 1. The zero-order valence-electron chi connectivity index (χ0n) is 12.6. The molecule has 0 spiro atoms. The average molecular weight is 286 g/mol. The van der Waals surface area contributed by atoms with Crippen LogP contribution >= 0.6 is 0 Å². The molecular formula is C17H22N2O2. The molecule has 1 aromatic carbocycles. The third-order valence-electron chi connectivity index (χ3n) is 4.55. The number of fused-ring (bicyclic) bond motifs is 1. The van der Waals surface area contributed by atoms with Gasteiger partial charge in [-0.15, -0.1) is 0 Å². The molecule has 0 aliphatic carbocycles. The molecule has 2 aromatic rings. The molecule has 1 aromatic heterocycles. The van der Waals surface area contributed by atoms with E-state index in [4.69, 9.17) is 4.42 Å². The number of nitrogens with one attached hydrogen (secondary N) is 1. The van der Waals surface area contributed by atoms with E-state index in [1.54, 1.807) is 0 Å². The molecule has 1 amide bonds. The first-order valence-electron chi connectivity index (χ1n) is 7.68. The molecule has 4 nitrogen and oxygen atoms in total. The van der Waals surface area contributed by atoms with Crippen LogP contribution in [-0.2, 0) is 0 Å². The summed E-state index contributed by atoms with van der Waals surface area (Å²) in [6, 6.07) is 10.1. The molecule has 1 aliphatic heterocycles. The van der Waals surface area contributed by atoms with Crippen molar-refractivity contribution in [2.75, 3.05) is 20.1 Å². The monoisotopic (exact) mass is 286 g/mol. The third-order valence-corrected chi connectivity index (χ3v) is 4.55. The Morgan fingerprint density at radius 3 is 2.95 bits per heavy atom. The number of nitrogens with zero attached hydrogens (tertiary/aromatic N) is 1. The molecule has 1 aliphatic rings. The summed E-state index contributed by atoms with van der Waals surface area (Å²) in [5, 5.41) is 4.35. The molecule has 112 valence electrons. The summed E-state index contributed by atoms with van der Waals surface area (Å²) in [6.45, 7) is 3.78. The molecule has 3 rings (SSSR count). The minimum atomic E-state index is 0.0132. The average Bonchev–Trinajstić information content (AvgIpc) is 2.97. The van der Waals surface area contributed by atoms with Gasteiger partial charge in [-0.25, -0.2) is 0 Å². The van der Waals surface area contributed by atoms with E-state index >= 15 is 0 Å². The summed E-state index contributed by atoms with van der Waals surface area (Å²) in [6.07, 6.45) is 2.08. The Kier molecular flexibility index (Phi) is 3.97. The van der Waals surface area contributed by atoms with Crippen LogP contribution in [0.5, 0.6) is 0 Å². The fourth-order valence-electron chi connectivity index (χ4n) is 3.25. The molecule has 0 saturated carbocycles. The predicted octanol–water partition coefficient (Wildman–Crippen LogP) is 2.89. The Hall–Kier alpha value is -1.81. The Labute approximate surface area is 125 Å². The second kappa shape index (κ2) is 5.90. The SMILES string of the molecule is CCC1CN(C(=O)c2cc3ccccc3o2)CCC1NC. The van der Waals surface area contributed by atoms with Crippen molar-refractivity contribution >= 4 is 16.9 Å². The molecule has 1 saturated heterocycles. The maximum atomic E-state index is 12.6. The Bertz CT molecular complexity index is 602. The van der Waals surface area contributed by atoms with Crippen LogP contribution in [-0.4, -0.2) is 37.0 Å². The summed E-state index contributed by atoms with van der Waals surface area (Å²) < 4.78 is 5.70. The highest BCUT2D eigenvalue weighted by Gasteiger charge is 2.31. The molecule has 0 radical (unpaired) electrons. The lowest BCUT2D eigenvalue weighted by Gasteiger charge is -2.37. The molecule has 2 unspecified atom stereocenters. The molecule has 1 N–H and O–H groups in total. The van der Waals surface area contributed by atoms with Crippen molar-refractivity contribution < 1.29 is 9.21 Å². The van der Waals surface area contributed by atoms with Crippen molar-refractivity contribution in [2.45, 2.75) is 25.8 Å². The van der Waals surface area contributed by atoms with Gasteiger partial charge in [0.05, 0.1) is 0 Å². The van der Waals surface area contributed by atoms with Crippen LogP contribution < -0.4 is 5.32 Å². The van der Waals surface area contributed by atoms with Crippen molar-refractivity contribution in [1.82, 2.24) is 10.2 Å². The normalized spacial score (nSPS) is 22.7. The van der Waals surface area contributed by atoms with Crippen LogP contribution in [0, 0.1) is 5.92 Å². The minimum absolute atomic E-state index is 0.0132. The highest BCUT2D eigenvalue weighted by molar-refractivity contribution is 5.96. The zero-order valence-corrected chi connectivity index (χ0v) is 12.6. The summed E-state index contributed by atoms with van der Waals surface area (Å²) in [7, 11) is 2.00. The zero-order chi connectivity index (χ0) is 14.8. The fourth-order valence-corrected chi connectivity index (χ4v) is 3.25. The highest BCUT2D eigenvalue weighted by atomic mass is 16.3. The van der Waals surface area contributed by atoms with Gasteiger partial charge in [0.2, 0.25) is 0 Å². The number of rotatable bonds is 3. The van der Waals surface area contributed by atoms with E-state index in [1.165, 1.54) is 0 Å².